The molecule has 0 heterocycles. The van der Waals surface area contributed by atoms with E-state index in [9.17, 15) is 5.02 Å². The Hall–Kier alpha value is 0.419. The summed E-state index contributed by atoms with van der Waals surface area (Å²) in [7, 11) is -2.36. The van der Waals surface area contributed by atoms with Crippen molar-refractivity contribution in [3.05, 3.63) is 0 Å². The second-order valence-electron chi connectivity index (χ2n) is 7.18. The van der Waals surface area contributed by atoms with Gasteiger partial charge in [-0.1, -0.05) is 53.1 Å². The predicted molar refractivity (Wildman–Crippen MR) is 81.1 cm³/mol. The fourth-order valence-corrected chi connectivity index (χ4v) is 13.5. The van der Waals surface area contributed by atoms with Crippen LogP contribution in [0.3, 0.4) is 0 Å². The molecule has 1 unspecified atom stereocenters. The van der Waals surface area contributed by atoms with Gasteiger partial charge in [0.05, 0.1) is 0 Å². The Morgan fingerprint density at radius 1 is 1.00 bits per heavy atom. The van der Waals surface area contributed by atoms with Gasteiger partial charge in [0.15, 0.2) is 0 Å². The van der Waals surface area contributed by atoms with Gasteiger partial charge in [-0.2, -0.15) is 0 Å². The van der Waals surface area contributed by atoms with Crippen LogP contribution in [0.4, 0.5) is 0 Å². The van der Waals surface area contributed by atoms with E-state index in [1.807, 2.05) is 0 Å². The van der Waals surface area contributed by atoms with Crippen LogP contribution < -0.4 is 0 Å². The SMILES string of the molecule is CC(C)CC(BO)N([Si](C)(C)C)[Si](C)(C)C. The molecule has 1 N–H and O–H groups in total. The van der Waals surface area contributed by atoms with Crippen LogP contribution in [-0.2, 0) is 0 Å². The number of hydrogen-bond donors (Lipinski definition) is 1. The van der Waals surface area contributed by atoms with Crippen molar-refractivity contribution >= 4 is 24.0 Å². The first kappa shape index (κ1) is 16.4. The van der Waals surface area contributed by atoms with Gasteiger partial charge >= 0.3 is 0 Å². The van der Waals surface area contributed by atoms with Gasteiger partial charge < -0.3 is 9.26 Å². The molecule has 5 heteroatoms. The molecule has 0 radical (unpaired) electrons. The maximum absolute atomic E-state index is 9.67. The Balaban J connectivity index is 5.01. The van der Waals surface area contributed by atoms with E-state index in [2.05, 4.69) is 57.4 Å². The monoisotopic (exact) mass is 259 g/mol. The minimum atomic E-state index is -1.34. The maximum Gasteiger partial charge on any atom is 0.286 e. The summed E-state index contributed by atoms with van der Waals surface area (Å²) in [6, 6.07) is 0. The summed E-state index contributed by atoms with van der Waals surface area (Å²) in [5.41, 5.74) is 0. The Kier molecular flexibility index (Phi) is 6.00. The lowest BCUT2D eigenvalue weighted by Crippen LogP contribution is -2.65. The van der Waals surface area contributed by atoms with Gasteiger partial charge in [-0.15, -0.1) is 0 Å². The van der Waals surface area contributed by atoms with Crippen LogP contribution in [0.5, 0.6) is 0 Å². The molecule has 16 heavy (non-hydrogen) atoms. The number of hydrogen-bond acceptors (Lipinski definition) is 2. The van der Waals surface area contributed by atoms with Gasteiger partial charge in [0.1, 0.15) is 16.5 Å². The average Bonchev–Trinajstić information content (AvgIpc) is 1.96. The van der Waals surface area contributed by atoms with Crippen molar-refractivity contribution < 1.29 is 5.02 Å². The van der Waals surface area contributed by atoms with Crippen molar-refractivity contribution in [3.8, 4) is 0 Å². The highest BCUT2D eigenvalue weighted by molar-refractivity contribution is 6.90. The van der Waals surface area contributed by atoms with E-state index in [4.69, 9.17) is 0 Å². The molecule has 96 valence electrons. The average molecular weight is 259 g/mol. The summed E-state index contributed by atoms with van der Waals surface area (Å²) >= 11 is 0. The Bertz CT molecular complexity index is 197. The molecule has 0 aromatic carbocycles. The Labute approximate surface area is 105 Å². The lowest BCUT2D eigenvalue weighted by molar-refractivity contribution is 0.419. The predicted octanol–water partition coefficient (Wildman–Crippen LogP) is 2.67. The van der Waals surface area contributed by atoms with Crippen molar-refractivity contribution in [2.24, 2.45) is 5.92 Å². The summed E-state index contributed by atoms with van der Waals surface area (Å²) in [4.78, 5) is 0. The fourth-order valence-electron chi connectivity index (χ4n) is 2.91. The third kappa shape index (κ3) is 5.17. The molecule has 0 amide bonds. The topological polar surface area (TPSA) is 23.5 Å². The Morgan fingerprint density at radius 3 is 1.56 bits per heavy atom. The highest BCUT2D eigenvalue weighted by atomic mass is 28.4. The van der Waals surface area contributed by atoms with Crippen molar-refractivity contribution in [2.75, 3.05) is 0 Å². The number of nitrogens with zero attached hydrogens (tertiary/aromatic N) is 1. The van der Waals surface area contributed by atoms with Crippen molar-refractivity contribution in [2.45, 2.75) is 65.5 Å². The van der Waals surface area contributed by atoms with Gasteiger partial charge in [-0.05, 0) is 18.3 Å². The van der Waals surface area contributed by atoms with Crippen LogP contribution in [0.2, 0.25) is 39.3 Å². The second-order valence-corrected chi connectivity index (χ2v) is 17.3. The van der Waals surface area contributed by atoms with Crippen LogP contribution in [0.25, 0.3) is 0 Å². The first-order valence-electron chi connectivity index (χ1n) is 6.40. The van der Waals surface area contributed by atoms with Crippen LogP contribution in [0.1, 0.15) is 20.3 Å². The molecule has 0 fully saturated rings. The second kappa shape index (κ2) is 5.84. The highest BCUT2D eigenvalue weighted by Gasteiger charge is 2.39. The molecule has 0 aliphatic carbocycles. The molecule has 0 aromatic heterocycles. The summed E-state index contributed by atoms with van der Waals surface area (Å²) < 4.78 is 2.72. The molecule has 0 saturated heterocycles. The molecular weight excluding hydrogens is 229 g/mol. The zero-order chi connectivity index (χ0) is 13.1. The summed E-state index contributed by atoms with van der Waals surface area (Å²) in [6.07, 6.45) is 1.12. The molecule has 0 rings (SSSR count). The first-order chi connectivity index (χ1) is 7.00. The minimum Gasteiger partial charge on any atom is -0.452 e. The van der Waals surface area contributed by atoms with E-state index < -0.39 is 16.5 Å². The van der Waals surface area contributed by atoms with Gasteiger partial charge in [0.25, 0.3) is 7.48 Å². The van der Waals surface area contributed by atoms with E-state index in [0.29, 0.717) is 19.3 Å². The number of rotatable bonds is 6. The summed E-state index contributed by atoms with van der Waals surface area (Å²) in [6.45, 7) is 18.9. The highest BCUT2D eigenvalue weighted by Crippen LogP contribution is 2.25. The third-order valence-corrected chi connectivity index (χ3v) is 10.4. The van der Waals surface area contributed by atoms with E-state index >= 15 is 0 Å². The van der Waals surface area contributed by atoms with Crippen LogP contribution in [0.15, 0.2) is 0 Å². The normalized spacial score (nSPS) is 15.7. The molecule has 2 nitrogen and oxygen atoms in total. The lowest BCUT2D eigenvalue weighted by atomic mass is 9.83. The van der Waals surface area contributed by atoms with E-state index in [1.54, 1.807) is 0 Å². The fraction of sp³-hybridized carbons (Fsp3) is 1.00. The molecule has 0 spiro atoms. The smallest absolute Gasteiger partial charge is 0.286 e. The van der Waals surface area contributed by atoms with Gasteiger partial charge in [0, 0.05) is 0 Å². The molecule has 0 bridgehead atoms. The molecule has 0 aromatic rings. The largest absolute Gasteiger partial charge is 0.452 e. The van der Waals surface area contributed by atoms with E-state index in [0.717, 1.165) is 6.42 Å². The molecular formula is C11H30BNOSi2. The van der Waals surface area contributed by atoms with Crippen molar-refractivity contribution in [1.82, 2.24) is 4.23 Å². The van der Waals surface area contributed by atoms with E-state index in [-0.39, 0.29) is 0 Å². The first-order valence-corrected chi connectivity index (χ1v) is 13.3. The molecule has 0 aliphatic rings. The maximum atomic E-state index is 9.67. The van der Waals surface area contributed by atoms with Gasteiger partial charge in [0.2, 0.25) is 0 Å². The third-order valence-electron chi connectivity index (χ3n) is 2.76. The summed E-state index contributed by atoms with van der Waals surface area (Å²) in [5.74, 6) is 1.03. The van der Waals surface area contributed by atoms with Crippen LogP contribution >= 0.6 is 0 Å². The molecule has 0 saturated carbocycles. The van der Waals surface area contributed by atoms with Crippen LogP contribution in [-0.4, -0.2) is 39.1 Å². The zero-order valence-electron chi connectivity index (χ0n) is 12.5. The van der Waals surface area contributed by atoms with Gasteiger partial charge in [-0.25, -0.2) is 0 Å². The Morgan fingerprint density at radius 2 is 1.38 bits per heavy atom. The van der Waals surface area contributed by atoms with Gasteiger partial charge in [-0.3, -0.25) is 0 Å². The van der Waals surface area contributed by atoms with Crippen molar-refractivity contribution in [3.63, 3.8) is 0 Å². The van der Waals surface area contributed by atoms with E-state index in [1.165, 1.54) is 0 Å². The summed E-state index contributed by atoms with van der Waals surface area (Å²) in [5, 5.41) is 9.67. The minimum absolute atomic E-state index is 0.312. The van der Waals surface area contributed by atoms with Crippen molar-refractivity contribution in [1.29, 1.82) is 0 Å². The quantitative estimate of drug-likeness (QED) is 0.741. The zero-order valence-corrected chi connectivity index (χ0v) is 14.5. The molecule has 1 atom stereocenters. The standard InChI is InChI=1S/C11H30BNOSi2/c1-10(2)9-11(12-14)13(15(3,4)5)16(6,7)8/h10-12,14H,9H2,1-8H3. The molecule has 0 aliphatic heterocycles. The lowest BCUT2D eigenvalue weighted by Gasteiger charge is -2.48. The van der Waals surface area contributed by atoms with Crippen LogP contribution in [0, 0.1) is 5.92 Å².